The van der Waals surface area contributed by atoms with Crippen molar-refractivity contribution in [1.29, 1.82) is 0 Å². The summed E-state index contributed by atoms with van der Waals surface area (Å²) in [6.45, 7) is 1.68. The molecule has 1 rings (SSSR count). The SMILES string of the molecule is CN(C)CCn1cnc(=O)c(N)c1. The monoisotopic (exact) mass is 182 g/mol. The van der Waals surface area contributed by atoms with Crippen LogP contribution < -0.4 is 11.3 Å². The summed E-state index contributed by atoms with van der Waals surface area (Å²) in [4.78, 5) is 16.5. The van der Waals surface area contributed by atoms with Crippen molar-refractivity contribution in [3.05, 3.63) is 22.9 Å². The van der Waals surface area contributed by atoms with Gasteiger partial charge in [0.2, 0.25) is 0 Å². The molecular weight excluding hydrogens is 168 g/mol. The van der Waals surface area contributed by atoms with Crippen LogP contribution >= 0.6 is 0 Å². The normalized spacial score (nSPS) is 10.7. The van der Waals surface area contributed by atoms with E-state index < -0.39 is 0 Å². The van der Waals surface area contributed by atoms with Gasteiger partial charge in [0.05, 0.1) is 6.33 Å². The molecule has 0 amide bonds. The molecule has 2 N–H and O–H groups in total. The summed E-state index contributed by atoms with van der Waals surface area (Å²) >= 11 is 0. The lowest BCUT2D eigenvalue weighted by Crippen LogP contribution is -2.21. The fourth-order valence-electron chi connectivity index (χ4n) is 0.906. The van der Waals surface area contributed by atoms with E-state index in [-0.39, 0.29) is 11.2 Å². The lowest BCUT2D eigenvalue weighted by molar-refractivity contribution is 0.382. The Morgan fingerprint density at radius 2 is 2.31 bits per heavy atom. The number of rotatable bonds is 3. The number of nitrogen functional groups attached to an aromatic ring is 1. The Morgan fingerprint density at radius 3 is 2.85 bits per heavy atom. The lowest BCUT2D eigenvalue weighted by atomic mass is 10.5. The summed E-state index contributed by atoms with van der Waals surface area (Å²) in [5.41, 5.74) is 5.25. The Bertz CT molecular complexity index is 331. The molecule has 0 radical (unpaired) electrons. The number of nitrogens with zero attached hydrogens (tertiary/aromatic N) is 3. The molecule has 0 aliphatic rings. The fourth-order valence-corrected chi connectivity index (χ4v) is 0.906. The summed E-state index contributed by atoms with van der Waals surface area (Å²) in [5.74, 6) is 0. The zero-order valence-electron chi connectivity index (χ0n) is 7.90. The van der Waals surface area contributed by atoms with Crippen molar-refractivity contribution in [3.8, 4) is 0 Å². The van der Waals surface area contributed by atoms with Crippen LogP contribution in [-0.4, -0.2) is 35.1 Å². The molecule has 5 heteroatoms. The Morgan fingerprint density at radius 1 is 1.62 bits per heavy atom. The molecular formula is C8H14N4O. The van der Waals surface area contributed by atoms with Crippen LogP contribution in [-0.2, 0) is 6.54 Å². The lowest BCUT2D eigenvalue weighted by Gasteiger charge is -2.11. The van der Waals surface area contributed by atoms with Gasteiger partial charge in [-0.2, -0.15) is 4.98 Å². The molecule has 0 spiro atoms. The van der Waals surface area contributed by atoms with E-state index in [1.54, 1.807) is 10.8 Å². The number of aromatic nitrogens is 2. The number of hydrogen-bond acceptors (Lipinski definition) is 4. The van der Waals surface area contributed by atoms with E-state index >= 15 is 0 Å². The summed E-state index contributed by atoms with van der Waals surface area (Å²) in [6, 6.07) is 0. The molecule has 0 saturated heterocycles. The summed E-state index contributed by atoms with van der Waals surface area (Å²) in [5, 5.41) is 0. The molecule has 72 valence electrons. The number of likely N-dealkylation sites (N-methyl/N-ethyl adjacent to an activating group) is 1. The second-order valence-corrected chi connectivity index (χ2v) is 3.18. The molecule has 1 aromatic rings. The zero-order chi connectivity index (χ0) is 9.84. The second-order valence-electron chi connectivity index (χ2n) is 3.18. The molecule has 0 atom stereocenters. The molecule has 1 heterocycles. The third kappa shape index (κ3) is 2.87. The van der Waals surface area contributed by atoms with Crippen LogP contribution in [0.25, 0.3) is 0 Å². The van der Waals surface area contributed by atoms with E-state index in [0.717, 1.165) is 13.1 Å². The van der Waals surface area contributed by atoms with Gasteiger partial charge in [-0.3, -0.25) is 4.79 Å². The van der Waals surface area contributed by atoms with Crippen LogP contribution in [0.2, 0.25) is 0 Å². The predicted molar refractivity (Wildman–Crippen MR) is 51.5 cm³/mol. The summed E-state index contributed by atoms with van der Waals surface area (Å²) in [7, 11) is 3.97. The van der Waals surface area contributed by atoms with Gasteiger partial charge in [0, 0.05) is 19.3 Å². The van der Waals surface area contributed by atoms with Crippen molar-refractivity contribution in [2.75, 3.05) is 26.4 Å². The molecule has 1 aromatic heterocycles. The molecule has 0 bridgehead atoms. The Balaban J connectivity index is 2.69. The van der Waals surface area contributed by atoms with Gasteiger partial charge in [0.25, 0.3) is 5.56 Å². The average molecular weight is 182 g/mol. The largest absolute Gasteiger partial charge is 0.393 e. The third-order valence-corrected chi connectivity index (χ3v) is 1.68. The summed E-state index contributed by atoms with van der Waals surface area (Å²) < 4.78 is 1.80. The molecule has 0 saturated carbocycles. The van der Waals surface area contributed by atoms with Crippen molar-refractivity contribution in [3.63, 3.8) is 0 Å². The first-order valence-electron chi connectivity index (χ1n) is 4.06. The third-order valence-electron chi connectivity index (χ3n) is 1.68. The topological polar surface area (TPSA) is 64.2 Å². The Hall–Kier alpha value is -1.36. The average Bonchev–Trinajstić information content (AvgIpc) is 2.07. The maximum atomic E-state index is 10.8. The van der Waals surface area contributed by atoms with E-state index in [1.165, 1.54) is 6.33 Å². The predicted octanol–water partition coefficient (Wildman–Crippen LogP) is -0.613. The van der Waals surface area contributed by atoms with Gasteiger partial charge in [0.1, 0.15) is 5.69 Å². The number of hydrogen-bond donors (Lipinski definition) is 1. The first-order valence-corrected chi connectivity index (χ1v) is 4.06. The molecule has 0 fully saturated rings. The fraction of sp³-hybridized carbons (Fsp3) is 0.500. The Kier molecular flexibility index (Phi) is 3.02. The molecule has 0 aromatic carbocycles. The van der Waals surface area contributed by atoms with Crippen LogP contribution in [0.15, 0.2) is 17.3 Å². The molecule has 0 aliphatic carbocycles. The highest BCUT2D eigenvalue weighted by atomic mass is 16.1. The van der Waals surface area contributed by atoms with Crippen molar-refractivity contribution < 1.29 is 0 Å². The van der Waals surface area contributed by atoms with Gasteiger partial charge >= 0.3 is 0 Å². The van der Waals surface area contributed by atoms with Gasteiger partial charge < -0.3 is 15.2 Å². The Labute approximate surface area is 76.8 Å². The van der Waals surface area contributed by atoms with E-state index in [0.29, 0.717) is 0 Å². The van der Waals surface area contributed by atoms with E-state index in [4.69, 9.17) is 5.73 Å². The molecule has 5 nitrogen and oxygen atoms in total. The van der Waals surface area contributed by atoms with Gasteiger partial charge in [-0.05, 0) is 14.1 Å². The maximum absolute atomic E-state index is 10.8. The minimum atomic E-state index is -0.360. The van der Waals surface area contributed by atoms with Crippen LogP contribution in [0, 0.1) is 0 Å². The van der Waals surface area contributed by atoms with Crippen molar-refractivity contribution >= 4 is 5.69 Å². The first kappa shape index (κ1) is 9.73. The van der Waals surface area contributed by atoms with Gasteiger partial charge in [0.15, 0.2) is 0 Å². The van der Waals surface area contributed by atoms with Crippen molar-refractivity contribution in [2.24, 2.45) is 0 Å². The van der Waals surface area contributed by atoms with Crippen molar-refractivity contribution in [1.82, 2.24) is 14.5 Å². The zero-order valence-corrected chi connectivity index (χ0v) is 7.90. The van der Waals surface area contributed by atoms with Crippen LogP contribution in [0.1, 0.15) is 0 Å². The quantitative estimate of drug-likeness (QED) is 0.677. The van der Waals surface area contributed by atoms with Gasteiger partial charge in [-0.1, -0.05) is 0 Å². The highest BCUT2D eigenvalue weighted by Crippen LogP contribution is 1.91. The highest BCUT2D eigenvalue weighted by Gasteiger charge is 1.96. The minimum Gasteiger partial charge on any atom is -0.393 e. The van der Waals surface area contributed by atoms with Crippen LogP contribution in [0.4, 0.5) is 5.69 Å². The number of nitrogens with two attached hydrogens (primary N) is 1. The first-order chi connectivity index (χ1) is 6.09. The van der Waals surface area contributed by atoms with E-state index in [2.05, 4.69) is 4.98 Å². The standard InChI is InChI=1S/C8H14N4O/c1-11(2)3-4-12-5-7(9)8(13)10-6-12/h5-6H,3-4,9H2,1-2H3. The highest BCUT2D eigenvalue weighted by molar-refractivity contribution is 5.30. The van der Waals surface area contributed by atoms with Crippen LogP contribution in [0.3, 0.4) is 0 Å². The van der Waals surface area contributed by atoms with E-state index in [9.17, 15) is 4.79 Å². The van der Waals surface area contributed by atoms with E-state index in [1.807, 2.05) is 19.0 Å². The molecule has 13 heavy (non-hydrogen) atoms. The maximum Gasteiger partial charge on any atom is 0.295 e. The van der Waals surface area contributed by atoms with Gasteiger partial charge in [-0.15, -0.1) is 0 Å². The van der Waals surface area contributed by atoms with Crippen molar-refractivity contribution in [2.45, 2.75) is 6.54 Å². The number of anilines is 1. The van der Waals surface area contributed by atoms with Gasteiger partial charge in [-0.25, -0.2) is 0 Å². The molecule has 0 aliphatic heterocycles. The summed E-state index contributed by atoms with van der Waals surface area (Å²) in [6.07, 6.45) is 3.11. The second kappa shape index (κ2) is 4.04. The molecule has 0 unspecified atom stereocenters. The minimum absolute atomic E-state index is 0.196. The van der Waals surface area contributed by atoms with Crippen LogP contribution in [0.5, 0.6) is 0 Å². The smallest absolute Gasteiger partial charge is 0.295 e.